The normalized spacial score (nSPS) is 20.7. The van der Waals surface area contributed by atoms with E-state index in [0.717, 1.165) is 0 Å². The molecule has 6 nitrogen and oxygen atoms in total. The van der Waals surface area contributed by atoms with E-state index < -0.39 is 5.97 Å². The SMILES string of the molecule is COC(=O)c1ccc(C(=O)N2CCC(C(=O)OC)C(C)C2)cc1. The van der Waals surface area contributed by atoms with Gasteiger partial charge in [0.05, 0.1) is 25.7 Å². The Balaban J connectivity index is 2.04. The van der Waals surface area contributed by atoms with E-state index in [1.54, 1.807) is 29.2 Å². The van der Waals surface area contributed by atoms with Gasteiger partial charge in [-0.2, -0.15) is 0 Å². The highest BCUT2D eigenvalue weighted by Crippen LogP contribution is 2.25. The first kappa shape index (κ1) is 17.0. The van der Waals surface area contributed by atoms with E-state index in [2.05, 4.69) is 4.74 Å². The Morgan fingerprint density at radius 2 is 1.65 bits per heavy atom. The van der Waals surface area contributed by atoms with Crippen LogP contribution in [0.5, 0.6) is 0 Å². The van der Waals surface area contributed by atoms with Gasteiger partial charge in [0.25, 0.3) is 5.91 Å². The molecule has 0 N–H and O–H groups in total. The number of piperidine rings is 1. The fourth-order valence-corrected chi connectivity index (χ4v) is 2.88. The van der Waals surface area contributed by atoms with Crippen molar-refractivity contribution < 1.29 is 23.9 Å². The van der Waals surface area contributed by atoms with Crippen molar-refractivity contribution in [2.75, 3.05) is 27.3 Å². The van der Waals surface area contributed by atoms with Crippen LogP contribution in [0, 0.1) is 11.8 Å². The maximum atomic E-state index is 12.5. The van der Waals surface area contributed by atoms with Crippen molar-refractivity contribution >= 4 is 17.8 Å². The van der Waals surface area contributed by atoms with Crippen LogP contribution >= 0.6 is 0 Å². The Kier molecular flexibility index (Phi) is 5.36. The Hall–Kier alpha value is -2.37. The summed E-state index contributed by atoms with van der Waals surface area (Å²) in [6, 6.07) is 6.38. The molecular weight excluding hydrogens is 298 g/mol. The second-order valence-electron chi connectivity index (χ2n) is 5.72. The molecule has 2 unspecified atom stereocenters. The predicted molar refractivity (Wildman–Crippen MR) is 83.0 cm³/mol. The van der Waals surface area contributed by atoms with Crippen LogP contribution in [0.25, 0.3) is 0 Å². The molecule has 1 aromatic carbocycles. The molecule has 124 valence electrons. The Morgan fingerprint density at radius 1 is 1.04 bits per heavy atom. The lowest BCUT2D eigenvalue weighted by atomic mass is 9.86. The fourth-order valence-electron chi connectivity index (χ4n) is 2.88. The van der Waals surface area contributed by atoms with Gasteiger partial charge in [0, 0.05) is 18.7 Å². The number of esters is 2. The molecule has 0 aliphatic carbocycles. The first-order valence-electron chi connectivity index (χ1n) is 7.53. The molecule has 2 rings (SSSR count). The monoisotopic (exact) mass is 319 g/mol. The van der Waals surface area contributed by atoms with Crippen molar-refractivity contribution in [2.24, 2.45) is 11.8 Å². The third-order valence-corrected chi connectivity index (χ3v) is 4.25. The smallest absolute Gasteiger partial charge is 0.337 e. The summed E-state index contributed by atoms with van der Waals surface area (Å²) >= 11 is 0. The van der Waals surface area contributed by atoms with Crippen molar-refractivity contribution in [2.45, 2.75) is 13.3 Å². The van der Waals surface area contributed by atoms with Crippen LogP contribution in [0.3, 0.4) is 0 Å². The molecule has 1 fully saturated rings. The van der Waals surface area contributed by atoms with E-state index in [1.165, 1.54) is 14.2 Å². The summed E-state index contributed by atoms with van der Waals surface area (Å²) < 4.78 is 9.43. The number of likely N-dealkylation sites (tertiary alicyclic amines) is 1. The predicted octanol–water partition coefficient (Wildman–Crippen LogP) is 1.74. The van der Waals surface area contributed by atoms with Crippen LogP contribution in [0.15, 0.2) is 24.3 Å². The molecule has 23 heavy (non-hydrogen) atoms. The topological polar surface area (TPSA) is 72.9 Å². The van der Waals surface area contributed by atoms with Gasteiger partial charge in [-0.3, -0.25) is 9.59 Å². The van der Waals surface area contributed by atoms with Crippen LogP contribution in [-0.4, -0.2) is 50.1 Å². The third kappa shape index (κ3) is 3.70. The van der Waals surface area contributed by atoms with Gasteiger partial charge < -0.3 is 14.4 Å². The zero-order valence-electron chi connectivity index (χ0n) is 13.6. The number of ether oxygens (including phenoxy) is 2. The summed E-state index contributed by atoms with van der Waals surface area (Å²) in [7, 11) is 2.70. The van der Waals surface area contributed by atoms with Crippen LogP contribution < -0.4 is 0 Å². The number of carbonyl (C=O) groups is 3. The summed E-state index contributed by atoms with van der Waals surface area (Å²) in [5.74, 6) is -0.861. The molecule has 0 radical (unpaired) electrons. The molecule has 1 aromatic rings. The Bertz CT molecular complexity index is 596. The zero-order chi connectivity index (χ0) is 17.0. The van der Waals surface area contributed by atoms with Crippen LogP contribution in [0.4, 0.5) is 0 Å². The lowest BCUT2D eigenvalue weighted by Crippen LogP contribution is -2.45. The van der Waals surface area contributed by atoms with Gasteiger partial charge in [0.2, 0.25) is 0 Å². The first-order valence-corrected chi connectivity index (χ1v) is 7.53. The summed E-state index contributed by atoms with van der Waals surface area (Å²) in [5, 5.41) is 0. The molecule has 1 amide bonds. The molecule has 0 aromatic heterocycles. The van der Waals surface area contributed by atoms with Gasteiger partial charge >= 0.3 is 11.9 Å². The maximum Gasteiger partial charge on any atom is 0.337 e. The number of nitrogens with zero attached hydrogens (tertiary/aromatic N) is 1. The number of hydrogen-bond acceptors (Lipinski definition) is 5. The second-order valence-corrected chi connectivity index (χ2v) is 5.72. The van der Waals surface area contributed by atoms with E-state index in [-0.39, 0.29) is 23.7 Å². The number of carbonyl (C=O) groups excluding carboxylic acids is 3. The second kappa shape index (κ2) is 7.26. The number of amides is 1. The highest BCUT2D eigenvalue weighted by Gasteiger charge is 2.34. The summed E-state index contributed by atoms with van der Waals surface area (Å²) in [6.07, 6.45) is 0.597. The highest BCUT2D eigenvalue weighted by molar-refractivity contribution is 5.96. The lowest BCUT2D eigenvalue weighted by Gasteiger charge is -2.35. The van der Waals surface area contributed by atoms with Crippen LogP contribution in [0.1, 0.15) is 34.1 Å². The van der Waals surface area contributed by atoms with E-state index in [4.69, 9.17) is 4.74 Å². The van der Waals surface area contributed by atoms with Gasteiger partial charge in [-0.15, -0.1) is 0 Å². The van der Waals surface area contributed by atoms with Crippen molar-refractivity contribution in [1.82, 2.24) is 4.90 Å². The van der Waals surface area contributed by atoms with Gasteiger partial charge in [-0.1, -0.05) is 6.92 Å². The van der Waals surface area contributed by atoms with Crippen molar-refractivity contribution in [3.05, 3.63) is 35.4 Å². The molecule has 1 saturated heterocycles. The van der Waals surface area contributed by atoms with Crippen molar-refractivity contribution in [1.29, 1.82) is 0 Å². The number of methoxy groups -OCH3 is 2. The minimum absolute atomic E-state index is 0.0505. The third-order valence-electron chi connectivity index (χ3n) is 4.25. The molecule has 0 saturated carbocycles. The molecule has 1 heterocycles. The van der Waals surface area contributed by atoms with E-state index in [1.807, 2.05) is 6.92 Å². The van der Waals surface area contributed by atoms with Gasteiger partial charge in [0.1, 0.15) is 0 Å². The minimum atomic E-state index is -0.434. The first-order chi connectivity index (χ1) is 11.0. The Morgan fingerprint density at radius 3 is 2.17 bits per heavy atom. The summed E-state index contributed by atoms with van der Waals surface area (Å²) in [4.78, 5) is 37.4. The van der Waals surface area contributed by atoms with E-state index in [9.17, 15) is 14.4 Å². The van der Waals surface area contributed by atoms with Crippen molar-refractivity contribution in [3.8, 4) is 0 Å². The van der Waals surface area contributed by atoms with Crippen molar-refractivity contribution in [3.63, 3.8) is 0 Å². The molecule has 6 heteroatoms. The minimum Gasteiger partial charge on any atom is -0.469 e. The van der Waals surface area contributed by atoms with Gasteiger partial charge in [-0.25, -0.2) is 4.79 Å². The fraction of sp³-hybridized carbons (Fsp3) is 0.471. The van der Waals surface area contributed by atoms with E-state index in [0.29, 0.717) is 30.6 Å². The number of hydrogen-bond donors (Lipinski definition) is 0. The largest absolute Gasteiger partial charge is 0.469 e. The maximum absolute atomic E-state index is 12.5. The highest BCUT2D eigenvalue weighted by atomic mass is 16.5. The van der Waals surface area contributed by atoms with Gasteiger partial charge in [-0.05, 0) is 36.6 Å². The summed E-state index contributed by atoms with van der Waals surface area (Å²) in [6.45, 7) is 2.97. The molecule has 1 aliphatic rings. The molecule has 2 atom stereocenters. The standard InChI is InChI=1S/C17H21NO5/c1-11-10-18(9-8-14(11)17(21)23-3)15(19)12-4-6-13(7-5-12)16(20)22-2/h4-7,11,14H,8-10H2,1-3H3. The Labute approximate surface area is 135 Å². The molecular formula is C17H21NO5. The summed E-state index contributed by atoms with van der Waals surface area (Å²) in [5.41, 5.74) is 0.920. The van der Waals surface area contributed by atoms with Crippen LogP contribution in [0.2, 0.25) is 0 Å². The quantitative estimate of drug-likeness (QED) is 0.794. The molecule has 0 spiro atoms. The number of rotatable bonds is 3. The molecule has 1 aliphatic heterocycles. The lowest BCUT2D eigenvalue weighted by molar-refractivity contribution is -0.148. The number of benzene rings is 1. The van der Waals surface area contributed by atoms with E-state index >= 15 is 0 Å². The van der Waals surface area contributed by atoms with Crippen LogP contribution in [-0.2, 0) is 14.3 Å². The zero-order valence-corrected chi connectivity index (χ0v) is 13.6. The molecule has 0 bridgehead atoms. The average molecular weight is 319 g/mol. The average Bonchev–Trinajstić information content (AvgIpc) is 2.59. The van der Waals surface area contributed by atoms with Gasteiger partial charge in [0.15, 0.2) is 0 Å².